The SMILES string of the molecule is COc1cccc(-c2cn3nc(-c4c[nH]c5ncccc45)sc3n2)c1. The number of nitrogens with zero attached hydrogens (tertiary/aromatic N) is 4. The van der Waals surface area contributed by atoms with Crippen LogP contribution in [0, 0.1) is 0 Å². The summed E-state index contributed by atoms with van der Waals surface area (Å²) in [5, 5.41) is 6.67. The van der Waals surface area contributed by atoms with Crippen LogP contribution in [0.5, 0.6) is 5.75 Å². The number of ether oxygens (including phenoxy) is 1. The molecule has 5 aromatic rings. The molecule has 25 heavy (non-hydrogen) atoms. The van der Waals surface area contributed by atoms with Crippen molar-refractivity contribution in [3.8, 4) is 27.6 Å². The molecule has 0 amide bonds. The molecule has 0 aliphatic carbocycles. The molecule has 5 rings (SSSR count). The lowest BCUT2D eigenvalue weighted by molar-refractivity contribution is 0.415. The van der Waals surface area contributed by atoms with Gasteiger partial charge in [0.25, 0.3) is 0 Å². The largest absolute Gasteiger partial charge is 0.497 e. The molecule has 122 valence electrons. The Morgan fingerprint density at radius 1 is 1.20 bits per heavy atom. The van der Waals surface area contributed by atoms with Crippen LogP contribution in [0.4, 0.5) is 0 Å². The number of aromatic amines is 1. The molecule has 0 unspecified atom stereocenters. The zero-order valence-electron chi connectivity index (χ0n) is 13.3. The summed E-state index contributed by atoms with van der Waals surface area (Å²) in [5.74, 6) is 0.814. The van der Waals surface area contributed by atoms with E-state index in [1.807, 2.05) is 53.3 Å². The van der Waals surface area contributed by atoms with Gasteiger partial charge in [-0.1, -0.05) is 23.5 Å². The molecule has 0 aliphatic heterocycles. The highest BCUT2D eigenvalue weighted by Crippen LogP contribution is 2.32. The third-order valence-electron chi connectivity index (χ3n) is 4.09. The minimum Gasteiger partial charge on any atom is -0.497 e. The fraction of sp³-hybridized carbons (Fsp3) is 0.0556. The molecule has 6 nitrogen and oxygen atoms in total. The van der Waals surface area contributed by atoms with E-state index in [0.717, 1.165) is 43.6 Å². The van der Waals surface area contributed by atoms with Crippen molar-refractivity contribution in [2.45, 2.75) is 0 Å². The van der Waals surface area contributed by atoms with Crippen molar-refractivity contribution in [1.29, 1.82) is 0 Å². The van der Waals surface area contributed by atoms with Crippen LogP contribution in [-0.2, 0) is 0 Å². The number of pyridine rings is 1. The van der Waals surface area contributed by atoms with Gasteiger partial charge in [0.1, 0.15) is 16.4 Å². The Bertz CT molecular complexity index is 1170. The van der Waals surface area contributed by atoms with Crippen molar-refractivity contribution in [2.75, 3.05) is 7.11 Å². The third-order valence-corrected chi connectivity index (χ3v) is 5.05. The Hall–Kier alpha value is -3.19. The van der Waals surface area contributed by atoms with E-state index in [0.29, 0.717) is 0 Å². The van der Waals surface area contributed by atoms with Crippen LogP contribution in [0.25, 0.3) is 37.8 Å². The lowest BCUT2D eigenvalue weighted by atomic mass is 10.1. The molecular formula is C18H13N5OS. The smallest absolute Gasteiger partial charge is 0.213 e. The average molecular weight is 347 g/mol. The predicted molar refractivity (Wildman–Crippen MR) is 97.9 cm³/mol. The quantitative estimate of drug-likeness (QED) is 0.535. The molecule has 4 aromatic heterocycles. The Morgan fingerprint density at radius 2 is 2.16 bits per heavy atom. The zero-order valence-corrected chi connectivity index (χ0v) is 14.1. The second-order valence-corrected chi connectivity index (χ2v) is 6.55. The van der Waals surface area contributed by atoms with E-state index in [2.05, 4.69) is 15.1 Å². The van der Waals surface area contributed by atoms with Gasteiger partial charge in [-0.2, -0.15) is 5.10 Å². The average Bonchev–Trinajstić information content (AvgIpc) is 3.34. The van der Waals surface area contributed by atoms with Crippen molar-refractivity contribution in [1.82, 2.24) is 24.6 Å². The lowest BCUT2D eigenvalue weighted by Crippen LogP contribution is -1.84. The number of rotatable bonds is 3. The van der Waals surface area contributed by atoms with Gasteiger partial charge in [-0.25, -0.2) is 14.5 Å². The summed E-state index contributed by atoms with van der Waals surface area (Å²) < 4.78 is 7.11. The third kappa shape index (κ3) is 2.28. The summed E-state index contributed by atoms with van der Waals surface area (Å²) in [7, 11) is 1.66. The van der Waals surface area contributed by atoms with E-state index >= 15 is 0 Å². The van der Waals surface area contributed by atoms with Crippen LogP contribution in [0.3, 0.4) is 0 Å². The van der Waals surface area contributed by atoms with Crippen molar-refractivity contribution < 1.29 is 4.74 Å². The second kappa shape index (κ2) is 5.42. The van der Waals surface area contributed by atoms with Crippen molar-refractivity contribution in [3.63, 3.8) is 0 Å². The highest BCUT2D eigenvalue weighted by atomic mass is 32.1. The van der Waals surface area contributed by atoms with Crippen LogP contribution >= 0.6 is 11.3 Å². The molecule has 4 heterocycles. The van der Waals surface area contributed by atoms with E-state index in [4.69, 9.17) is 9.72 Å². The van der Waals surface area contributed by atoms with Gasteiger partial charge in [0, 0.05) is 28.9 Å². The topological polar surface area (TPSA) is 68.1 Å². The number of benzene rings is 1. The maximum atomic E-state index is 5.28. The summed E-state index contributed by atoms with van der Waals surface area (Å²) in [5.41, 5.74) is 3.80. The van der Waals surface area contributed by atoms with Crippen molar-refractivity contribution in [3.05, 3.63) is 55.0 Å². The molecular weight excluding hydrogens is 334 g/mol. The zero-order chi connectivity index (χ0) is 16.8. The Labute approximate surface area is 146 Å². The number of hydrogen-bond acceptors (Lipinski definition) is 5. The molecule has 0 atom stereocenters. The van der Waals surface area contributed by atoms with Gasteiger partial charge in [0.15, 0.2) is 0 Å². The highest BCUT2D eigenvalue weighted by Gasteiger charge is 2.14. The van der Waals surface area contributed by atoms with Crippen molar-refractivity contribution in [2.24, 2.45) is 0 Å². The van der Waals surface area contributed by atoms with E-state index in [1.54, 1.807) is 24.6 Å². The molecule has 0 radical (unpaired) electrons. The normalized spacial score (nSPS) is 11.4. The maximum absolute atomic E-state index is 5.28. The van der Waals surface area contributed by atoms with Gasteiger partial charge in [0.2, 0.25) is 4.96 Å². The number of H-pyrrole nitrogens is 1. The van der Waals surface area contributed by atoms with Gasteiger partial charge < -0.3 is 9.72 Å². The predicted octanol–water partition coefficient (Wildman–Crippen LogP) is 4.01. The highest BCUT2D eigenvalue weighted by molar-refractivity contribution is 7.20. The van der Waals surface area contributed by atoms with Crippen LogP contribution in [0.15, 0.2) is 55.0 Å². The van der Waals surface area contributed by atoms with E-state index in [-0.39, 0.29) is 0 Å². The van der Waals surface area contributed by atoms with Gasteiger partial charge in [-0.3, -0.25) is 0 Å². The summed E-state index contributed by atoms with van der Waals surface area (Å²) in [6.07, 6.45) is 5.66. The first kappa shape index (κ1) is 14.2. The number of fused-ring (bicyclic) bond motifs is 2. The number of imidazole rings is 1. The minimum atomic E-state index is 0.814. The van der Waals surface area contributed by atoms with Gasteiger partial charge >= 0.3 is 0 Å². The number of hydrogen-bond donors (Lipinski definition) is 1. The Morgan fingerprint density at radius 3 is 3.04 bits per heavy atom. The summed E-state index contributed by atoms with van der Waals surface area (Å²) in [4.78, 5) is 13.1. The van der Waals surface area contributed by atoms with E-state index in [1.165, 1.54) is 0 Å². The first-order valence-electron chi connectivity index (χ1n) is 7.75. The summed E-state index contributed by atoms with van der Waals surface area (Å²) in [6, 6.07) is 11.8. The first-order chi connectivity index (χ1) is 12.3. The van der Waals surface area contributed by atoms with Crippen LogP contribution in [0.1, 0.15) is 0 Å². The number of methoxy groups -OCH3 is 1. The van der Waals surface area contributed by atoms with E-state index in [9.17, 15) is 0 Å². The lowest BCUT2D eigenvalue weighted by Gasteiger charge is -2.01. The van der Waals surface area contributed by atoms with Crippen LogP contribution in [0.2, 0.25) is 0 Å². The molecule has 1 N–H and O–H groups in total. The van der Waals surface area contributed by atoms with Gasteiger partial charge in [-0.15, -0.1) is 0 Å². The monoisotopic (exact) mass is 347 g/mol. The van der Waals surface area contributed by atoms with E-state index < -0.39 is 0 Å². The molecule has 0 fully saturated rings. The first-order valence-corrected chi connectivity index (χ1v) is 8.56. The fourth-order valence-electron chi connectivity index (χ4n) is 2.86. The number of nitrogens with one attached hydrogen (secondary N) is 1. The van der Waals surface area contributed by atoms with Gasteiger partial charge in [0.05, 0.1) is 19.0 Å². The Balaban J connectivity index is 1.59. The summed E-state index contributed by atoms with van der Waals surface area (Å²) in [6.45, 7) is 0. The minimum absolute atomic E-state index is 0.814. The molecule has 0 saturated carbocycles. The maximum Gasteiger partial charge on any atom is 0.213 e. The molecule has 1 aromatic carbocycles. The molecule has 0 saturated heterocycles. The molecule has 0 aliphatic rings. The Kier molecular flexibility index (Phi) is 3.07. The van der Waals surface area contributed by atoms with Crippen molar-refractivity contribution >= 4 is 27.3 Å². The fourth-order valence-corrected chi connectivity index (χ4v) is 3.77. The number of aromatic nitrogens is 5. The second-order valence-electron chi connectivity index (χ2n) is 5.59. The molecule has 0 bridgehead atoms. The standard InChI is InChI=1S/C18H13N5OS/c1-24-12-5-2-4-11(8-12)15-10-23-18(21-15)25-17(22-23)14-9-20-16-13(14)6-3-7-19-16/h2-10H,1H3,(H,19,20). The molecule has 7 heteroatoms. The summed E-state index contributed by atoms with van der Waals surface area (Å²) >= 11 is 1.56. The van der Waals surface area contributed by atoms with Crippen LogP contribution < -0.4 is 4.74 Å². The van der Waals surface area contributed by atoms with Gasteiger partial charge in [-0.05, 0) is 24.3 Å². The van der Waals surface area contributed by atoms with Crippen LogP contribution in [-0.4, -0.2) is 31.7 Å². The molecule has 0 spiro atoms.